The molecule has 6 nitrogen and oxygen atoms in total. The second kappa shape index (κ2) is 10.3. The Morgan fingerprint density at radius 1 is 1.34 bits per heavy atom. The van der Waals surface area contributed by atoms with Crippen molar-refractivity contribution in [3.63, 3.8) is 0 Å². The summed E-state index contributed by atoms with van der Waals surface area (Å²) in [6.45, 7) is 4.02. The number of rotatable bonds is 7. The van der Waals surface area contributed by atoms with Crippen LogP contribution >= 0.6 is 11.3 Å². The zero-order chi connectivity index (χ0) is 22.5. The summed E-state index contributed by atoms with van der Waals surface area (Å²) in [5.41, 5.74) is 2.70. The smallest absolute Gasteiger partial charge is 0.409 e. The van der Waals surface area contributed by atoms with E-state index in [1.807, 2.05) is 25.1 Å². The maximum Gasteiger partial charge on any atom is 0.409 e. The minimum atomic E-state index is -0.203. The molecular formula is C25H29N3O3S. The van der Waals surface area contributed by atoms with Crippen molar-refractivity contribution in [3.05, 3.63) is 51.0 Å². The lowest BCUT2D eigenvalue weighted by molar-refractivity contribution is -0.118. The molecule has 0 radical (unpaired) electrons. The van der Waals surface area contributed by atoms with Gasteiger partial charge in [-0.15, -0.1) is 11.3 Å². The summed E-state index contributed by atoms with van der Waals surface area (Å²) >= 11 is 1.59. The third-order valence-electron chi connectivity index (χ3n) is 6.44. The average molecular weight is 452 g/mol. The molecule has 168 valence electrons. The normalized spacial score (nSPS) is 18.6. The van der Waals surface area contributed by atoms with Gasteiger partial charge in [0.25, 0.3) is 0 Å². The molecule has 0 N–H and O–H groups in total. The minimum absolute atomic E-state index is 0.0542. The summed E-state index contributed by atoms with van der Waals surface area (Å²) in [6, 6.07) is 8.10. The number of likely N-dealkylation sites (tertiary alicyclic amines) is 1. The maximum atomic E-state index is 12.8. The highest BCUT2D eigenvalue weighted by molar-refractivity contribution is 7.12. The third kappa shape index (κ3) is 5.18. The number of nitriles is 1. The highest BCUT2D eigenvalue weighted by Gasteiger charge is 2.28. The number of fused-ring (bicyclic) bond motifs is 1. The molecule has 2 aliphatic rings. The highest BCUT2D eigenvalue weighted by Crippen LogP contribution is 2.37. The number of aromatic nitrogens is 1. The van der Waals surface area contributed by atoms with Gasteiger partial charge in [0.2, 0.25) is 0 Å². The monoisotopic (exact) mass is 451 g/mol. The van der Waals surface area contributed by atoms with Gasteiger partial charge in [-0.05, 0) is 55.7 Å². The summed E-state index contributed by atoms with van der Waals surface area (Å²) in [6.07, 6.45) is 6.87. The molecule has 0 saturated carbocycles. The van der Waals surface area contributed by atoms with Gasteiger partial charge in [-0.25, -0.2) is 4.79 Å². The Hall–Kier alpha value is -2.72. The zero-order valence-corrected chi connectivity index (χ0v) is 19.3. The Kier molecular flexibility index (Phi) is 7.21. The van der Waals surface area contributed by atoms with Crippen molar-refractivity contribution >= 4 is 23.2 Å². The van der Waals surface area contributed by atoms with E-state index in [1.54, 1.807) is 22.4 Å². The van der Waals surface area contributed by atoms with E-state index in [9.17, 15) is 14.9 Å². The second-order valence-electron chi connectivity index (χ2n) is 8.87. The Labute approximate surface area is 193 Å². The number of pyridine rings is 1. The van der Waals surface area contributed by atoms with Gasteiger partial charge in [0, 0.05) is 53.5 Å². The fourth-order valence-corrected chi connectivity index (χ4v) is 6.10. The fourth-order valence-electron chi connectivity index (χ4n) is 4.65. The van der Waals surface area contributed by atoms with E-state index in [0.717, 1.165) is 61.3 Å². The first-order chi connectivity index (χ1) is 15.5. The standard InChI is InChI=1S/C25H29N3O3S/c1-17(22-6-2-3-9-27-22)12-19(29)14-24-21(15-26)20-8-7-18(13-23(20)32-24)16-31-25(30)28-10-4-5-11-28/h2-3,6,9,17-18H,4-5,7-8,10-14,16H2,1H3. The lowest BCUT2D eigenvalue weighted by atomic mass is 9.87. The van der Waals surface area contributed by atoms with Crippen LogP contribution in [0.25, 0.3) is 0 Å². The molecule has 2 unspecified atom stereocenters. The number of carbonyl (C=O) groups is 2. The molecule has 0 spiro atoms. The van der Waals surface area contributed by atoms with E-state index in [1.165, 1.54) is 4.88 Å². The summed E-state index contributed by atoms with van der Waals surface area (Å²) in [5, 5.41) is 9.76. The lowest BCUT2D eigenvalue weighted by Gasteiger charge is -2.23. The van der Waals surface area contributed by atoms with Gasteiger partial charge in [-0.1, -0.05) is 13.0 Å². The van der Waals surface area contributed by atoms with Crippen LogP contribution in [0.15, 0.2) is 24.4 Å². The molecule has 2 atom stereocenters. The van der Waals surface area contributed by atoms with Crippen LogP contribution in [0.3, 0.4) is 0 Å². The van der Waals surface area contributed by atoms with Crippen LogP contribution in [-0.4, -0.2) is 41.5 Å². The van der Waals surface area contributed by atoms with Crippen LogP contribution < -0.4 is 0 Å². The molecule has 0 aromatic carbocycles. The number of hydrogen-bond acceptors (Lipinski definition) is 6. The van der Waals surface area contributed by atoms with Crippen LogP contribution in [0.5, 0.6) is 0 Å². The van der Waals surface area contributed by atoms with Gasteiger partial charge in [0.1, 0.15) is 11.9 Å². The first-order valence-corrected chi connectivity index (χ1v) is 12.2. The molecule has 1 amide bonds. The van der Waals surface area contributed by atoms with Crippen molar-refractivity contribution in [2.75, 3.05) is 19.7 Å². The quantitative estimate of drug-likeness (QED) is 0.611. The number of amides is 1. The minimum Gasteiger partial charge on any atom is -0.449 e. The first kappa shape index (κ1) is 22.5. The molecule has 2 aromatic heterocycles. The molecular weight excluding hydrogens is 422 g/mol. The topological polar surface area (TPSA) is 83.3 Å². The van der Waals surface area contributed by atoms with Crippen molar-refractivity contribution in [2.24, 2.45) is 5.92 Å². The first-order valence-electron chi connectivity index (χ1n) is 11.4. The molecule has 1 fully saturated rings. The van der Waals surface area contributed by atoms with Gasteiger partial charge in [-0.3, -0.25) is 9.78 Å². The SMILES string of the molecule is CC(CC(=O)Cc1sc2c(c1C#N)CCC(COC(=O)N1CCCC1)C2)c1ccccn1. The highest BCUT2D eigenvalue weighted by atomic mass is 32.1. The number of ether oxygens (including phenoxy) is 1. The van der Waals surface area contributed by atoms with Gasteiger partial charge in [0.05, 0.1) is 12.2 Å². The summed E-state index contributed by atoms with van der Waals surface area (Å²) in [5.74, 6) is 0.458. The van der Waals surface area contributed by atoms with E-state index in [4.69, 9.17) is 4.74 Å². The van der Waals surface area contributed by atoms with Crippen LogP contribution in [0.4, 0.5) is 4.79 Å². The van der Waals surface area contributed by atoms with Crippen LogP contribution in [-0.2, 0) is 28.8 Å². The largest absolute Gasteiger partial charge is 0.449 e. The Bertz CT molecular complexity index is 1010. The third-order valence-corrected chi connectivity index (χ3v) is 7.70. The summed E-state index contributed by atoms with van der Waals surface area (Å²) < 4.78 is 5.56. The van der Waals surface area contributed by atoms with Crippen molar-refractivity contribution in [3.8, 4) is 6.07 Å². The summed E-state index contributed by atoms with van der Waals surface area (Å²) in [7, 11) is 0. The molecule has 1 aliphatic carbocycles. The lowest BCUT2D eigenvalue weighted by Crippen LogP contribution is -2.30. The molecule has 4 rings (SSSR count). The fraction of sp³-hybridized carbons (Fsp3) is 0.520. The van der Waals surface area contributed by atoms with Crippen molar-refractivity contribution < 1.29 is 14.3 Å². The van der Waals surface area contributed by atoms with E-state index in [0.29, 0.717) is 25.0 Å². The van der Waals surface area contributed by atoms with Crippen molar-refractivity contribution in [1.29, 1.82) is 5.26 Å². The van der Waals surface area contributed by atoms with E-state index in [-0.39, 0.29) is 23.7 Å². The molecule has 32 heavy (non-hydrogen) atoms. The van der Waals surface area contributed by atoms with Crippen LogP contribution in [0, 0.1) is 17.2 Å². The molecule has 7 heteroatoms. The Morgan fingerprint density at radius 2 is 2.16 bits per heavy atom. The molecule has 1 saturated heterocycles. The van der Waals surface area contributed by atoms with Crippen molar-refractivity contribution in [2.45, 2.75) is 57.8 Å². The molecule has 3 heterocycles. The number of nitrogens with zero attached hydrogens (tertiary/aromatic N) is 3. The number of hydrogen-bond donors (Lipinski definition) is 0. The zero-order valence-electron chi connectivity index (χ0n) is 18.5. The van der Waals surface area contributed by atoms with Crippen LogP contribution in [0.1, 0.15) is 65.1 Å². The maximum absolute atomic E-state index is 12.8. The van der Waals surface area contributed by atoms with Gasteiger partial charge in [-0.2, -0.15) is 5.26 Å². The average Bonchev–Trinajstić information content (AvgIpc) is 3.45. The van der Waals surface area contributed by atoms with Crippen molar-refractivity contribution in [1.82, 2.24) is 9.88 Å². The summed E-state index contributed by atoms with van der Waals surface area (Å²) in [4.78, 5) is 33.1. The number of Topliss-reactive ketones (excluding diaryl/α,β-unsaturated/α-hetero) is 1. The number of carbonyl (C=O) groups excluding carboxylic acids is 2. The number of thiophene rings is 1. The molecule has 0 bridgehead atoms. The Morgan fingerprint density at radius 3 is 2.88 bits per heavy atom. The van der Waals surface area contributed by atoms with Gasteiger partial charge in [0.15, 0.2) is 0 Å². The van der Waals surface area contributed by atoms with E-state index >= 15 is 0 Å². The number of ketones is 1. The van der Waals surface area contributed by atoms with E-state index in [2.05, 4.69) is 11.1 Å². The van der Waals surface area contributed by atoms with Gasteiger partial charge >= 0.3 is 6.09 Å². The van der Waals surface area contributed by atoms with Crippen LogP contribution in [0.2, 0.25) is 0 Å². The second-order valence-corrected chi connectivity index (χ2v) is 10.1. The molecule has 2 aromatic rings. The Balaban J connectivity index is 1.36. The predicted molar refractivity (Wildman–Crippen MR) is 123 cm³/mol. The molecule has 1 aliphatic heterocycles. The van der Waals surface area contributed by atoms with Gasteiger partial charge < -0.3 is 9.64 Å². The van der Waals surface area contributed by atoms with E-state index < -0.39 is 0 Å². The predicted octanol–water partition coefficient (Wildman–Crippen LogP) is 4.66.